The van der Waals surface area contributed by atoms with Crippen LogP contribution in [-0.2, 0) is 71.3 Å². The third-order valence-corrected chi connectivity index (χ3v) is 12.5. The molecule has 0 spiro atoms. The number of likely N-dealkylation sites (N-methyl/N-ethyl adjacent to an activating group) is 1. The number of methoxy groups -OCH3 is 2. The highest BCUT2D eigenvalue weighted by molar-refractivity contribution is 5.96. The Morgan fingerprint density at radius 2 is 1.40 bits per heavy atom. The van der Waals surface area contributed by atoms with Crippen LogP contribution in [0.5, 0.6) is 0 Å². The van der Waals surface area contributed by atoms with Gasteiger partial charge >= 0.3 is 23.9 Å². The third-order valence-electron chi connectivity index (χ3n) is 12.5. The molecule has 3 aliphatic rings. The zero-order valence-electron chi connectivity index (χ0n) is 39.0. The van der Waals surface area contributed by atoms with Crippen LogP contribution < -0.4 is 0 Å². The van der Waals surface area contributed by atoms with Gasteiger partial charge in [0.05, 0.1) is 42.0 Å². The van der Waals surface area contributed by atoms with Gasteiger partial charge in [-0.05, 0) is 93.5 Å². The first kappa shape index (κ1) is 51.4. The van der Waals surface area contributed by atoms with Gasteiger partial charge in [-0.1, -0.05) is 20.8 Å². The molecule has 344 valence electrons. The van der Waals surface area contributed by atoms with Gasteiger partial charge in [-0.25, -0.2) is 0 Å². The van der Waals surface area contributed by atoms with Gasteiger partial charge in [-0.2, -0.15) is 0 Å². The number of ether oxygens (including phenoxy) is 10. The standard InChI is InChI=1S/C44H73NO15/c1-18-33-42(11,60-31(10)48)20-23(2)35(49)24(3)21-43(12,51-16)38(59-41-37(55-29(8)46)32(45(14)15)19-25(4)53-41)26(5)36(27(6)40(50)57-33)58-34-22-44(13,52-17)39(28(7)54-34)56-30(9)47/h20,24-28,32-34,36-39,41H,18-19,21-22H2,1-17H3/b23-20+/t24-,25-,26+,27-,28+,32+,33-,34+,36+,37-,38-,39+,41+,42+,43-,44-/m1/s1. The lowest BCUT2D eigenvalue weighted by Crippen LogP contribution is -2.61. The van der Waals surface area contributed by atoms with Crippen LogP contribution in [0.3, 0.4) is 0 Å². The van der Waals surface area contributed by atoms with Crippen molar-refractivity contribution in [1.29, 1.82) is 0 Å². The number of cyclic esters (lactones) is 1. The van der Waals surface area contributed by atoms with Crippen LogP contribution in [0.4, 0.5) is 0 Å². The summed E-state index contributed by atoms with van der Waals surface area (Å²) in [5.74, 6) is -5.03. The second-order valence-electron chi connectivity index (χ2n) is 17.9. The summed E-state index contributed by atoms with van der Waals surface area (Å²) < 4.78 is 62.8. The molecule has 0 aromatic carbocycles. The molecule has 3 heterocycles. The highest BCUT2D eigenvalue weighted by Crippen LogP contribution is 2.42. The van der Waals surface area contributed by atoms with Crippen molar-refractivity contribution < 1.29 is 71.3 Å². The zero-order chi connectivity index (χ0) is 45.7. The average Bonchev–Trinajstić information content (AvgIpc) is 3.14. The number of Topliss-reactive ketones (excluding diaryl/α,β-unsaturated/α-hetero) is 1. The average molecular weight is 856 g/mol. The van der Waals surface area contributed by atoms with Crippen LogP contribution in [0.25, 0.3) is 0 Å². The Morgan fingerprint density at radius 3 is 1.92 bits per heavy atom. The topological polar surface area (TPSA) is 181 Å². The molecule has 0 N–H and O–H groups in total. The number of hydrogen-bond acceptors (Lipinski definition) is 16. The van der Waals surface area contributed by atoms with E-state index < -0.39 is 108 Å². The van der Waals surface area contributed by atoms with Crippen molar-refractivity contribution in [3.05, 3.63) is 11.6 Å². The van der Waals surface area contributed by atoms with E-state index in [0.29, 0.717) is 12.0 Å². The van der Waals surface area contributed by atoms with E-state index in [9.17, 15) is 24.0 Å². The Balaban J connectivity index is 2.32. The molecule has 16 atom stereocenters. The summed E-state index contributed by atoms with van der Waals surface area (Å²) in [6, 6.07) is -0.286. The summed E-state index contributed by atoms with van der Waals surface area (Å²) in [5, 5.41) is 0. The fraction of sp³-hybridized carbons (Fsp3) is 0.841. The van der Waals surface area contributed by atoms with Gasteiger partial charge in [0.15, 0.2) is 36.2 Å². The van der Waals surface area contributed by atoms with E-state index >= 15 is 0 Å². The molecule has 2 fully saturated rings. The predicted octanol–water partition coefficient (Wildman–Crippen LogP) is 5.10. The SMILES string of the molecule is CC[C@H]1OC(=O)[C@H](C)[C@@H](O[C@H]2C[C@@](C)(OC)[C@@H](OC(C)=O)[C@H](C)O2)[C@H](C)[C@@H](O[C@@H]2O[C@H](C)C[C@H](N(C)C)[C@H]2OC(C)=O)[C@](C)(OC)C[C@@H](C)C(=O)/C(C)=C/[C@]1(C)OC(C)=O. The highest BCUT2D eigenvalue weighted by Gasteiger charge is 2.54. The molecule has 16 nitrogen and oxygen atoms in total. The molecule has 0 aliphatic carbocycles. The zero-order valence-corrected chi connectivity index (χ0v) is 39.0. The lowest BCUT2D eigenvalue weighted by atomic mass is 9.76. The van der Waals surface area contributed by atoms with Gasteiger partial charge in [0.1, 0.15) is 11.7 Å². The predicted molar refractivity (Wildman–Crippen MR) is 218 cm³/mol. The summed E-state index contributed by atoms with van der Waals surface area (Å²) in [7, 11) is 6.81. The summed E-state index contributed by atoms with van der Waals surface area (Å²) in [6.07, 6.45) is -5.24. The molecule has 60 heavy (non-hydrogen) atoms. The van der Waals surface area contributed by atoms with E-state index in [1.807, 2.05) is 39.8 Å². The molecule has 0 aromatic heterocycles. The minimum absolute atomic E-state index is 0.101. The summed E-state index contributed by atoms with van der Waals surface area (Å²) >= 11 is 0. The van der Waals surface area contributed by atoms with Crippen LogP contribution in [0.15, 0.2) is 11.6 Å². The lowest BCUT2D eigenvalue weighted by molar-refractivity contribution is -0.320. The molecule has 16 heteroatoms. The molecule has 0 bridgehead atoms. The van der Waals surface area contributed by atoms with Gasteiger partial charge in [-0.15, -0.1) is 0 Å². The summed E-state index contributed by atoms with van der Waals surface area (Å²) in [4.78, 5) is 68.1. The van der Waals surface area contributed by atoms with Gasteiger partial charge < -0.3 is 52.3 Å². The molecule has 0 aromatic rings. The first-order valence-electron chi connectivity index (χ1n) is 21.1. The summed E-state index contributed by atoms with van der Waals surface area (Å²) in [5.41, 5.74) is -3.53. The molecular formula is C44H73NO15. The van der Waals surface area contributed by atoms with Crippen molar-refractivity contribution >= 4 is 29.7 Å². The number of allylic oxidation sites excluding steroid dienone is 1. The highest BCUT2D eigenvalue weighted by atomic mass is 16.7. The van der Waals surface area contributed by atoms with Crippen LogP contribution >= 0.6 is 0 Å². The Kier molecular flexibility index (Phi) is 17.9. The number of nitrogens with zero attached hydrogens (tertiary/aromatic N) is 1. The van der Waals surface area contributed by atoms with Crippen molar-refractivity contribution in [2.75, 3.05) is 28.3 Å². The van der Waals surface area contributed by atoms with E-state index in [1.165, 1.54) is 35.0 Å². The minimum atomic E-state index is -1.50. The van der Waals surface area contributed by atoms with E-state index in [4.69, 9.17) is 47.4 Å². The third kappa shape index (κ3) is 12.1. The number of esters is 4. The number of rotatable bonds is 11. The number of carbonyl (C=O) groups is 5. The molecule has 0 amide bonds. The van der Waals surface area contributed by atoms with E-state index in [1.54, 1.807) is 54.5 Å². The van der Waals surface area contributed by atoms with Crippen LogP contribution in [0, 0.1) is 17.8 Å². The molecule has 0 radical (unpaired) electrons. The van der Waals surface area contributed by atoms with Crippen molar-refractivity contribution in [1.82, 2.24) is 4.90 Å². The normalized spacial score (nSPS) is 42.0. The molecule has 0 saturated carbocycles. The maximum atomic E-state index is 14.6. The largest absolute Gasteiger partial charge is 0.457 e. The maximum Gasteiger partial charge on any atom is 0.311 e. The van der Waals surface area contributed by atoms with Crippen LogP contribution in [0.1, 0.15) is 116 Å². The molecule has 3 rings (SSSR count). The first-order chi connectivity index (χ1) is 27.8. The minimum Gasteiger partial charge on any atom is -0.457 e. The second-order valence-corrected chi connectivity index (χ2v) is 17.9. The van der Waals surface area contributed by atoms with Crippen molar-refractivity contribution in [3.8, 4) is 0 Å². The van der Waals surface area contributed by atoms with Gasteiger partial charge in [0.25, 0.3) is 0 Å². The quantitative estimate of drug-likeness (QED) is 0.198. The lowest BCUT2D eigenvalue weighted by Gasteiger charge is -2.50. The second kappa shape index (κ2) is 20.9. The molecule has 2 saturated heterocycles. The monoisotopic (exact) mass is 855 g/mol. The number of carbonyl (C=O) groups excluding carboxylic acids is 5. The van der Waals surface area contributed by atoms with Crippen molar-refractivity contribution in [2.24, 2.45) is 17.8 Å². The summed E-state index contributed by atoms with van der Waals surface area (Å²) in [6.45, 7) is 21.5. The Morgan fingerprint density at radius 1 is 0.817 bits per heavy atom. The van der Waals surface area contributed by atoms with Gasteiger partial charge in [0, 0.05) is 53.2 Å². The fourth-order valence-corrected chi connectivity index (χ4v) is 9.34. The van der Waals surface area contributed by atoms with E-state index in [-0.39, 0.29) is 37.2 Å². The van der Waals surface area contributed by atoms with E-state index in [2.05, 4.69) is 0 Å². The Labute approximate surface area is 356 Å². The number of hydrogen-bond donors (Lipinski definition) is 0. The van der Waals surface area contributed by atoms with Crippen molar-refractivity contribution in [2.45, 2.75) is 194 Å². The smallest absolute Gasteiger partial charge is 0.311 e. The van der Waals surface area contributed by atoms with Gasteiger partial charge in [-0.3, -0.25) is 24.0 Å². The number of ketones is 1. The molecule has 0 unspecified atom stereocenters. The van der Waals surface area contributed by atoms with Gasteiger partial charge in [0.2, 0.25) is 0 Å². The van der Waals surface area contributed by atoms with Crippen LogP contribution in [-0.4, -0.2) is 141 Å². The Bertz CT molecular complexity index is 1550. The maximum absolute atomic E-state index is 14.6. The van der Waals surface area contributed by atoms with Crippen LogP contribution in [0.2, 0.25) is 0 Å². The molecular weight excluding hydrogens is 782 g/mol. The van der Waals surface area contributed by atoms with Crippen molar-refractivity contribution in [3.63, 3.8) is 0 Å². The fourth-order valence-electron chi connectivity index (χ4n) is 9.34. The Hall–Kier alpha value is -2.99. The van der Waals surface area contributed by atoms with E-state index in [0.717, 1.165) is 0 Å². The first-order valence-corrected chi connectivity index (χ1v) is 21.1. The molecule has 3 aliphatic heterocycles.